The minimum atomic E-state index is -0.0637. The highest BCUT2D eigenvalue weighted by Crippen LogP contribution is 2.00. The Balaban J connectivity index is 3.29. The monoisotopic (exact) mass is 113 g/mol. The van der Waals surface area contributed by atoms with Gasteiger partial charge < -0.3 is 0 Å². The van der Waals surface area contributed by atoms with Gasteiger partial charge in [0.2, 0.25) is 0 Å². The molecule has 0 spiro atoms. The highest BCUT2D eigenvalue weighted by atomic mass is 16.2. The van der Waals surface area contributed by atoms with E-state index in [1.165, 1.54) is 5.57 Å². The average molecular weight is 113 g/mol. The SMILES string of the molecule is CCC/C(C)=C/C[O]. The predicted octanol–water partition coefficient (Wildman–Crippen LogP) is 2.16. The van der Waals surface area contributed by atoms with Gasteiger partial charge in [-0.25, -0.2) is 5.11 Å². The molecule has 1 nitrogen and oxygen atoms in total. The molecule has 0 aliphatic heterocycles. The number of hydrogen-bond donors (Lipinski definition) is 0. The molecular formula is C7H13O. The second-order valence-electron chi connectivity index (χ2n) is 1.97. The molecule has 0 aromatic carbocycles. The lowest BCUT2D eigenvalue weighted by atomic mass is 10.2. The summed E-state index contributed by atoms with van der Waals surface area (Å²) >= 11 is 0. The van der Waals surface area contributed by atoms with Crippen molar-refractivity contribution in [1.29, 1.82) is 0 Å². The van der Waals surface area contributed by atoms with Crippen LogP contribution in [-0.4, -0.2) is 6.61 Å². The molecule has 47 valence electrons. The van der Waals surface area contributed by atoms with E-state index in [4.69, 9.17) is 0 Å². The summed E-state index contributed by atoms with van der Waals surface area (Å²) in [4.78, 5) is 0. The van der Waals surface area contributed by atoms with Crippen molar-refractivity contribution in [1.82, 2.24) is 0 Å². The average Bonchev–Trinajstić information content (AvgIpc) is 1.68. The van der Waals surface area contributed by atoms with Crippen molar-refractivity contribution in [3.63, 3.8) is 0 Å². The second-order valence-corrected chi connectivity index (χ2v) is 1.97. The van der Waals surface area contributed by atoms with Crippen LogP contribution in [-0.2, 0) is 5.11 Å². The van der Waals surface area contributed by atoms with Gasteiger partial charge in [0, 0.05) is 0 Å². The molecule has 0 unspecified atom stereocenters. The van der Waals surface area contributed by atoms with Crippen molar-refractivity contribution in [3.8, 4) is 0 Å². The van der Waals surface area contributed by atoms with Crippen molar-refractivity contribution >= 4 is 0 Å². The summed E-state index contributed by atoms with van der Waals surface area (Å²) in [7, 11) is 0. The Bertz CT molecular complexity index is 74.5. The molecule has 0 atom stereocenters. The first-order valence-corrected chi connectivity index (χ1v) is 3.05. The van der Waals surface area contributed by atoms with Crippen molar-refractivity contribution in [3.05, 3.63) is 11.6 Å². The van der Waals surface area contributed by atoms with Crippen LogP contribution in [0.1, 0.15) is 26.7 Å². The maximum absolute atomic E-state index is 9.94. The van der Waals surface area contributed by atoms with Crippen LogP contribution in [0.15, 0.2) is 11.6 Å². The maximum atomic E-state index is 9.94. The first-order valence-electron chi connectivity index (χ1n) is 3.05. The highest BCUT2D eigenvalue weighted by Gasteiger charge is 1.83. The summed E-state index contributed by atoms with van der Waals surface area (Å²) in [5.41, 5.74) is 1.22. The smallest absolute Gasteiger partial charge is 0.101 e. The first-order chi connectivity index (χ1) is 3.81. The van der Waals surface area contributed by atoms with Gasteiger partial charge in [-0.3, -0.25) is 0 Å². The lowest BCUT2D eigenvalue weighted by molar-refractivity contribution is 0.231. The zero-order valence-electron chi connectivity index (χ0n) is 5.61. The molecule has 1 radical (unpaired) electrons. The molecular weight excluding hydrogens is 100 g/mol. The zero-order chi connectivity index (χ0) is 6.41. The first kappa shape index (κ1) is 7.70. The minimum Gasteiger partial charge on any atom is -0.232 e. The highest BCUT2D eigenvalue weighted by molar-refractivity contribution is 4.96. The lowest BCUT2D eigenvalue weighted by Crippen LogP contribution is -1.77. The van der Waals surface area contributed by atoms with E-state index in [1.807, 2.05) is 6.92 Å². The lowest BCUT2D eigenvalue weighted by Gasteiger charge is -1.92. The number of rotatable bonds is 3. The van der Waals surface area contributed by atoms with Crippen LogP contribution in [0.5, 0.6) is 0 Å². The van der Waals surface area contributed by atoms with Crippen molar-refractivity contribution < 1.29 is 5.11 Å². The summed E-state index contributed by atoms with van der Waals surface area (Å²) in [6, 6.07) is 0. The van der Waals surface area contributed by atoms with Gasteiger partial charge in [0.05, 0.1) is 0 Å². The van der Waals surface area contributed by atoms with E-state index in [1.54, 1.807) is 6.08 Å². The third kappa shape index (κ3) is 3.88. The van der Waals surface area contributed by atoms with E-state index >= 15 is 0 Å². The Labute approximate surface area is 51.0 Å². The quantitative estimate of drug-likeness (QED) is 0.500. The van der Waals surface area contributed by atoms with E-state index in [0.717, 1.165) is 12.8 Å². The molecule has 0 N–H and O–H groups in total. The van der Waals surface area contributed by atoms with Crippen molar-refractivity contribution in [2.24, 2.45) is 0 Å². The van der Waals surface area contributed by atoms with Crippen LogP contribution in [0.2, 0.25) is 0 Å². The summed E-state index contributed by atoms with van der Waals surface area (Å²) in [5.74, 6) is 0. The Morgan fingerprint density at radius 2 is 2.25 bits per heavy atom. The van der Waals surface area contributed by atoms with Gasteiger partial charge in [0.25, 0.3) is 0 Å². The fraction of sp³-hybridized carbons (Fsp3) is 0.714. The molecule has 0 aromatic heterocycles. The molecule has 0 saturated heterocycles. The summed E-state index contributed by atoms with van der Waals surface area (Å²) in [6.07, 6.45) is 3.95. The van der Waals surface area contributed by atoms with Crippen LogP contribution in [0, 0.1) is 0 Å². The summed E-state index contributed by atoms with van der Waals surface area (Å²) in [5, 5.41) is 9.94. The Morgan fingerprint density at radius 1 is 1.62 bits per heavy atom. The van der Waals surface area contributed by atoms with Gasteiger partial charge in [0.1, 0.15) is 6.61 Å². The van der Waals surface area contributed by atoms with E-state index in [0.29, 0.717) is 0 Å². The van der Waals surface area contributed by atoms with Crippen molar-refractivity contribution in [2.75, 3.05) is 6.61 Å². The van der Waals surface area contributed by atoms with Crippen LogP contribution in [0.3, 0.4) is 0 Å². The fourth-order valence-corrected chi connectivity index (χ4v) is 0.639. The second kappa shape index (κ2) is 4.85. The molecule has 0 bridgehead atoms. The van der Waals surface area contributed by atoms with Gasteiger partial charge in [-0.2, -0.15) is 0 Å². The number of allylic oxidation sites excluding steroid dienone is 1. The molecule has 0 amide bonds. The van der Waals surface area contributed by atoms with Crippen LogP contribution < -0.4 is 0 Å². The van der Waals surface area contributed by atoms with Crippen LogP contribution in [0.4, 0.5) is 0 Å². The normalized spacial score (nSPS) is 12.1. The maximum Gasteiger partial charge on any atom is 0.101 e. The Hall–Kier alpha value is -0.300. The molecule has 0 aromatic rings. The van der Waals surface area contributed by atoms with Crippen molar-refractivity contribution in [2.45, 2.75) is 26.7 Å². The largest absolute Gasteiger partial charge is 0.232 e. The standard InChI is InChI=1S/C7H13O/c1-3-4-7(2)5-6-8/h5H,3-4,6H2,1-2H3/b7-5+. The minimum absolute atomic E-state index is 0.0637. The third-order valence-corrected chi connectivity index (χ3v) is 1.08. The summed E-state index contributed by atoms with van der Waals surface area (Å²) in [6.45, 7) is 4.05. The molecule has 0 rings (SSSR count). The van der Waals surface area contributed by atoms with Crippen LogP contribution >= 0.6 is 0 Å². The molecule has 0 heterocycles. The van der Waals surface area contributed by atoms with E-state index in [-0.39, 0.29) is 6.61 Å². The Morgan fingerprint density at radius 3 is 2.62 bits per heavy atom. The third-order valence-electron chi connectivity index (χ3n) is 1.08. The topological polar surface area (TPSA) is 19.9 Å². The van der Waals surface area contributed by atoms with Gasteiger partial charge in [-0.15, -0.1) is 0 Å². The molecule has 0 aliphatic carbocycles. The van der Waals surface area contributed by atoms with Gasteiger partial charge in [-0.05, 0) is 13.3 Å². The molecule has 0 fully saturated rings. The van der Waals surface area contributed by atoms with Gasteiger partial charge >= 0.3 is 0 Å². The predicted molar refractivity (Wildman–Crippen MR) is 34.2 cm³/mol. The zero-order valence-corrected chi connectivity index (χ0v) is 5.61. The van der Waals surface area contributed by atoms with E-state index in [2.05, 4.69) is 6.92 Å². The number of hydrogen-bond acceptors (Lipinski definition) is 0. The molecule has 8 heavy (non-hydrogen) atoms. The van der Waals surface area contributed by atoms with Gasteiger partial charge in [0.15, 0.2) is 0 Å². The van der Waals surface area contributed by atoms with Crippen LogP contribution in [0.25, 0.3) is 0 Å². The van der Waals surface area contributed by atoms with E-state index < -0.39 is 0 Å². The molecule has 0 aliphatic rings. The Kier molecular flexibility index (Phi) is 4.67. The molecule has 1 heteroatoms. The van der Waals surface area contributed by atoms with E-state index in [9.17, 15) is 5.11 Å². The fourth-order valence-electron chi connectivity index (χ4n) is 0.639. The molecule has 0 saturated carbocycles. The summed E-state index contributed by atoms with van der Waals surface area (Å²) < 4.78 is 0. The van der Waals surface area contributed by atoms with Gasteiger partial charge in [-0.1, -0.05) is 25.0 Å².